The van der Waals surface area contributed by atoms with E-state index in [0.717, 1.165) is 16.7 Å². The van der Waals surface area contributed by atoms with Crippen molar-refractivity contribution in [3.8, 4) is 12.3 Å². The smallest absolute Gasteiger partial charge is 0.408 e. The van der Waals surface area contributed by atoms with E-state index in [1.807, 2.05) is 75.4 Å². The van der Waals surface area contributed by atoms with Gasteiger partial charge in [0.15, 0.2) is 12.7 Å². The molecule has 9 heteroatoms. The van der Waals surface area contributed by atoms with Gasteiger partial charge in [-0.3, -0.25) is 9.59 Å². The summed E-state index contributed by atoms with van der Waals surface area (Å²) in [4.78, 5) is 40.5. The zero-order valence-corrected chi connectivity index (χ0v) is 22.1. The lowest BCUT2D eigenvalue weighted by Crippen LogP contribution is -2.58. The number of aryl methyl sites for hydroxylation is 1. The number of hydrogen-bond donors (Lipinski definition) is 3. The van der Waals surface area contributed by atoms with Crippen LogP contribution in [0.15, 0.2) is 54.6 Å². The first-order valence-corrected chi connectivity index (χ1v) is 13.0. The highest BCUT2D eigenvalue weighted by Gasteiger charge is 2.49. The normalized spacial score (nSPS) is 17.8. The number of carbonyl (C=O) groups is 3. The number of rotatable bonds is 9. The first-order chi connectivity index (χ1) is 17.6. The predicted octanol–water partition coefficient (Wildman–Crippen LogP) is 2.62. The third kappa shape index (κ3) is 7.28. The zero-order chi connectivity index (χ0) is 27.0. The molecule has 196 valence electrons. The second kappa shape index (κ2) is 12.7. The molecular formula is C28H33N3O5S. The summed E-state index contributed by atoms with van der Waals surface area (Å²) in [7, 11) is 0. The third-order valence-corrected chi connectivity index (χ3v) is 7.69. The maximum absolute atomic E-state index is 13.6. The van der Waals surface area contributed by atoms with Crippen LogP contribution in [0.4, 0.5) is 4.79 Å². The second-order valence-electron chi connectivity index (χ2n) is 9.40. The summed E-state index contributed by atoms with van der Waals surface area (Å²) in [5, 5.41) is 16.7. The average molecular weight is 524 g/mol. The Balaban J connectivity index is 1.77. The number of benzene rings is 2. The van der Waals surface area contributed by atoms with E-state index in [9.17, 15) is 19.5 Å². The molecule has 2 aromatic rings. The van der Waals surface area contributed by atoms with E-state index in [1.165, 1.54) is 16.7 Å². The number of amides is 3. The molecule has 3 amide bonds. The molecule has 0 bridgehead atoms. The Morgan fingerprint density at radius 1 is 1.19 bits per heavy atom. The number of aliphatic hydroxyl groups excluding tert-OH is 1. The molecule has 37 heavy (non-hydrogen) atoms. The maximum Gasteiger partial charge on any atom is 0.408 e. The number of carbonyl (C=O) groups excluding carboxylic acids is 3. The fourth-order valence-electron chi connectivity index (χ4n) is 4.25. The van der Waals surface area contributed by atoms with Crippen molar-refractivity contribution in [2.24, 2.45) is 0 Å². The zero-order valence-electron chi connectivity index (χ0n) is 21.3. The van der Waals surface area contributed by atoms with E-state index >= 15 is 0 Å². The number of hydrogen-bond acceptors (Lipinski definition) is 6. The van der Waals surface area contributed by atoms with Crippen LogP contribution >= 0.6 is 11.8 Å². The van der Waals surface area contributed by atoms with Crippen LogP contribution in [-0.4, -0.2) is 63.3 Å². The van der Waals surface area contributed by atoms with E-state index in [0.29, 0.717) is 6.54 Å². The first kappa shape index (κ1) is 28.1. The standard InChI is InChI=1S/C28H33N3O5S/c1-5-15-36-27(35)30-22(16-20-12-7-6-8-13-20)23(32)26(34)31-18-37-28(3,4)24(31)25(33)29-17-21-14-10-9-11-19(21)2/h1,6-14,22-24,32H,15-18H2,2-4H3,(H,29,33)(H,30,35)/t22-,23-,24+/m0/s1. The lowest BCUT2D eigenvalue weighted by Gasteiger charge is -2.33. The van der Waals surface area contributed by atoms with E-state index < -0.39 is 34.9 Å². The summed E-state index contributed by atoms with van der Waals surface area (Å²) < 4.78 is 4.32. The minimum Gasteiger partial charge on any atom is -0.436 e. The van der Waals surface area contributed by atoms with Crippen molar-refractivity contribution < 1.29 is 24.2 Å². The van der Waals surface area contributed by atoms with Gasteiger partial charge in [-0.15, -0.1) is 18.2 Å². The van der Waals surface area contributed by atoms with Crippen molar-refractivity contribution >= 4 is 29.7 Å². The van der Waals surface area contributed by atoms with Gasteiger partial charge in [0.2, 0.25) is 5.91 Å². The van der Waals surface area contributed by atoms with Crippen LogP contribution < -0.4 is 10.6 Å². The molecule has 0 saturated carbocycles. The quantitative estimate of drug-likeness (QED) is 0.436. The molecule has 0 spiro atoms. The van der Waals surface area contributed by atoms with Gasteiger partial charge in [0.25, 0.3) is 5.91 Å². The fraction of sp³-hybridized carbons (Fsp3) is 0.393. The number of terminal acetylenes is 1. The molecule has 3 N–H and O–H groups in total. The number of alkyl carbamates (subject to hydrolysis) is 1. The number of ether oxygens (including phenoxy) is 1. The summed E-state index contributed by atoms with van der Waals surface area (Å²) >= 11 is 1.45. The van der Waals surface area contributed by atoms with Gasteiger partial charge in [-0.25, -0.2) is 4.79 Å². The van der Waals surface area contributed by atoms with E-state index in [-0.39, 0.29) is 24.8 Å². The van der Waals surface area contributed by atoms with Crippen molar-refractivity contribution in [3.63, 3.8) is 0 Å². The van der Waals surface area contributed by atoms with Gasteiger partial charge < -0.3 is 25.4 Å². The minimum absolute atomic E-state index is 0.174. The largest absolute Gasteiger partial charge is 0.436 e. The fourth-order valence-corrected chi connectivity index (χ4v) is 5.39. The van der Waals surface area contributed by atoms with Gasteiger partial charge in [0.1, 0.15) is 6.04 Å². The number of nitrogens with zero attached hydrogens (tertiary/aromatic N) is 1. The topological polar surface area (TPSA) is 108 Å². The molecule has 1 fully saturated rings. The molecule has 1 aliphatic heterocycles. The highest BCUT2D eigenvalue weighted by atomic mass is 32.2. The van der Waals surface area contributed by atoms with E-state index in [1.54, 1.807) is 0 Å². The van der Waals surface area contributed by atoms with Crippen LogP contribution in [0.5, 0.6) is 0 Å². The third-order valence-electron chi connectivity index (χ3n) is 6.31. The van der Waals surface area contributed by atoms with Gasteiger partial charge in [-0.1, -0.05) is 60.5 Å². The second-order valence-corrected chi connectivity index (χ2v) is 11.0. The van der Waals surface area contributed by atoms with Gasteiger partial charge >= 0.3 is 6.09 Å². The number of nitrogens with one attached hydrogen (secondary N) is 2. The SMILES string of the molecule is C#CCOC(=O)N[C@@H](Cc1ccccc1)[C@H](O)C(=O)N1CSC(C)(C)[C@H]1C(=O)NCc1ccccc1C. The molecule has 0 unspecified atom stereocenters. The Kier molecular flexibility index (Phi) is 9.61. The van der Waals surface area contributed by atoms with Crippen molar-refractivity contribution in [1.82, 2.24) is 15.5 Å². The Hall–Kier alpha value is -3.48. The molecule has 3 atom stereocenters. The predicted molar refractivity (Wildman–Crippen MR) is 143 cm³/mol. The van der Waals surface area contributed by atoms with Gasteiger partial charge in [-0.2, -0.15) is 0 Å². The van der Waals surface area contributed by atoms with Crippen molar-refractivity contribution in [1.29, 1.82) is 0 Å². The molecular weight excluding hydrogens is 490 g/mol. The summed E-state index contributed by atoms with van der Waals surface area (Å²) in [5.74, 6) is 1.48. The molecule has 0 aliphatic carbocycles. The van der Waals surface area contributed by atoms with Gasteiger partial charge in [0.05, 0.1) is 11.9 Å². The van der Waals surface area contributed by atoms with E-state index in [2.05, 4.69) is 16.6 Å². The summed E-state index contributed by atoms with van der Waals surface area (Å²) in [6, 6.07) is 15.1. The van der Waals surface area contributed by atoms with Crippen LogP contribution in [0, 0.1) is 19.3 Å². The first-order valence-electron chi connectivity index (χ1n) is 12.0. The molecule has 2 aromatic carbocycles. The number of aliphatic hydroxyl groups is 1. The summed E-state index contributed by atoms with van der Waals surface area (Å²) in [6.45, 7) is 5.84. The van der Waals surface area contributed by atoms with Crippen LogP contribution in [0.3, 0.4) is 0 Å². The van der Waals surface area contributed by atoms with Crippen molar-refractivity contribution in [3.05, 3.63) is 71.3 Å². The Labute approximate surface area is 222 Å². The lowest BCUT2D eigenvalue weighted by atomic mass is 9.97. The van der Waals surface area contributed by atoms with Crippen molar-refractivity contribution in [2.75, 3.05) is 12.5 Å². The van der Waals surface area contributed by atoms with Gasteiger partial charge in [-0.05, 0) is 43.9 Å². The molecule has 1 saturated heterocycles. The lowest BCUT2D eigenvalue weighted by molar-refractivity contribution is -0.147. The highest BCUT2D eigenvalue weighted by molar-refractivity contribution is 8.00. The summed E-state index contributed by atoms with van der Waals surface area (Å²) in [5.41, 5.74) is 2.84. The average Bonchev–Trinajstić information content (AvgIpc) is 3.21. The van der Waals surface area contributed by atoms with Crippen LogP contribution in [0.25, 0.3) is 0 Å². The Bertz CT molecular complexity index is 1150. The Morgan fingerprint density at radius 3 is 2.54 bits per heavy atom. The van der Waals surface area contributed by atoms with Crippen LogP contribution in [0.1, 0.15) is 30.5 Å². The maximum atomic E-state index is 13.6. The molecule has 1 aliphatic rings. The van der Waals surface area contributed by atoms with E-state index in [4.69, 9.17) is 11.2 Å². The summed E-state index contributed by atoms with van der Waals surface area (Å²) in [6.07, 6.45) is 2.88. The van der Waals surface area contributed by atoms with Crippen LogP contribution in [-0.2, 0) is 27.3 Å². The monoisotopic (exact) mass is 523 g/mol. The molecule has 0 radical (unpaired) electrons. The van der Waals surface area contributed by atoms with Crippen molar-refractivity contribution in [2.45, 2.75) is 56.7 Å². The van der Waals surface area contributed by atoms with Crippen LogP contribution in [0.2, 0.25) is 0 Å². The minimum atomic E-state index is -1.61. The number of thioether (sulfide) groups is 1. The molecule has 1 heterocycles. The molecule has 3 rings (SSSR count). The Morgan fingerprint density at radius 2 is 1.86 bits per heavy atom. The van der Waals surface area contributed by atoms with Gasteiger partial charge in [0, 0.05) is 11.3 Å². The highest BCUT2D eigenvalue weighted by Crippen LogP contribution is 2.40. The molecule has 0 aromatic heterocycles. The molecule has 8 nitrogen and oxygen atoms in total.